The Morgan fingerprint density at radius 3 is 2.83 bits per heavy atom. The van der Waals surface area contributed by atoms with E-state index >= 15 is 0 Å². The molecular weight excluding hydrogens is 172 g/mol. The zero-order valence-electron chi connectivity index (χ0n) is 6.21. The minimum Gasteiger partial charge on any atom is -0.507 e. The lowest BCUT2D eigenvalue weighted by molar-refractivity contribution is 0.475. The summed E-state index contributed by atoms with van der Waals surface area (Å²) < 4.78 is 0. The van der Waals surface area contributed by atoms with Gasteiger partial charge in [0.1, 0.15) is 5.75 Å². The summed E-state index contributed by atoms with van der Waals surface area (Å²) >= 11 is 5.91. The molecule has 2 rings (SSSR count). The van der Waals surface area contributed by atoms with Crippen LogP contribution < -0.4 is 0 Å². The van der Waals surface area contributed by atoms with Gasteiger partial charge in [-0.15, -0.1) is 0 Å². The van der Waals surface area contributed by atoms with E-state index in [1.54, 1.807) is 12.1 Å². The number of phenolic OH excluding ortho intramolecular Hbond substituents is 1. The van der Waals surface area contributed by atoms with Crippen LogP contribution in [-0.2, 0) is 0 Å². The Balaban J connectivity index is 2.86. The maximum absolute atomic E-state index is 9.12. The summed E-state index contributed by atoms with van der Waals surface area (Å²) in [6, 6.07) is 11.7. The first-order chi connectivity index (χ1) is 5.77. The van der Waals surface area contributed by atoms with Gasteiger partial charge in [-0.05, 0) is 23.6 Å². The number of benzene rings is 2. The van der Waals surface area contributed by atoms with Gasteiger partial charge in [-0.25, -0.2) is 0 Å². The van der Waals surface area contributed by atoms with E-state index in [4.69, 9.17) is 16.7 Å². The molecule has 1 N–H and O–H groups in total. The van der Waals surface area contributed by atoms with Gasteiger partial charge in [-0.3, -0.25) is 0 Å². The summed E-state index contributed by atoms with van der Waals surface area (Å²) in [6.45, 7) is 0. The Morgan fingerprint density at radius 1 is 1.17 bits per heavy atom. The van der Waals surface area contributed by atoms with Crippen LogP contribution in [0.25, 0.3) is 10.8 Å². The Labute approximate surface area is 75.2 Å². The average molecular weight is 178 g/mol. The third-order valence-electron chi connectivity index (χ3n) is 1.72. The van der Waals surface area contributed by atoms with Crippen molar-refractivity contribution in [1.82, 2.24) is 0 Å². The first-order valence-corrected chi connectivity index (χ1v) is 3.95. The lowest BCUT2D eigenvalue weighted by Crippen LogP contribution is -1.73. The molecule has 59 valence electrons. The third kappa shape index (κ3) is 1.12. The average Bonchev–Trinajstić information content (AvgIpc) is 2.04. The van der Waals surface area contributed by atoms with Crippen LogP contribution in [0, 0.1) is 6.07 Å². The minimum atomic E-state index is 0.143. The molecule has 0 fully saturated rings. The van der Waals surface area contributed by atoms with Gasteiger partial charge < -0.3 is 5.11 Å². The highest BCUT2D eigenvalue weighted by Crippen LogP contribution is 2.25. The molecule has 0 saturated heterocycles. The molecule has 0 atom stereocenters. The maximum atomic E-state index is 9.12. The molecule has 12 heavy (non-hydrogen) atoms. The van der Waals surface area contributed by atoms with E-state index < -0.39 is 0 Å². The summed E-state index contributed by atoms with van der Waals surface area (Å²) in [6.07, 6.45) is 0. The van der Waals surface area contributed by atoms with Gasteiger partial charge in [0, 0.05) is 16.5 Å². The monoisotopic (exact) mass is 177 g/mol. The molecule has 2 aromatic rings. The van der Waals surface area contributed by atoms with E-state index in [1.165, 1.54) is 0 Å². The Kier molecular flexibility index (Phi) is 1.66. The number of hydrogen-bond acceptors (Lipinski definition) is 1. The first-order valence-electron chi connectivity index (χ1n) is 3.57. The van der Waals surface area contributed by atoms with E-state index in [-0.39, 0.29) is 5.75 Å². The molecule has 0 aliphatic rings. The topological polar surface area (TPSA) is 20.2 Å². The third-order valence-corrected chi connectivity index (χ3v) is 2.05. The summed E-state index contributed by atoms with van der Waals surface area (Å²) in [4.78, 5) is 0. The Morgan fingerprint density at radius 2 is 2.00 bits per heavy atom. The van der Waals surface area contributed by atoms with Gasteiger partial charge >= 0.3 is 0 Å². The van der Waals surface area contributed by atoms with Crippen LogP contribution in [0.3, 0.4) is 0 Å². The molecule has 0 aromatic heterocycles. The fraction of sp³-hybridized carbons (Fsp3) is 0. The van der Waals surface area contributed by atoms with E-state index in [2.05, 4.69) is 6.07 Å². The van der Waals surface area contributed by atoms with Crippen molar-refractivity contribution in [2.24, 2.45) is 0 Å². The lowest BCUT2D eigenvalue weighted by atomic mass is 10.1. The highest BCUT2D eigenvalue weighted by Gasteiger charge is 1.98. The smallest absolute Gasteiger partial charge is 0.124 e. The van der Waals surface area contributed by atoms with Crippen LogP contribution in [0.15, 0.2) is 30.3 Å². The summed E-state index contributed by atoms with van der Waals surface area (Å²) in [5, 5.41) is 11.6. The van der Waals surface area contributed by atoms with Crippen LogP contribution in [0.4, 0.5) is 0 Å². The second-order valence-corrected chi connectivity index (χ2v) is 2.95. The molecule has 0 amide bonds. The van der Waals surface area contributed by atoms with Crippen molar-refractivity contribution in [2.45, 2.75) is 0 Å². The number of fused-ring (bicyclic) bond motifs is 1. The van der Waals surface area contributed by atoms with Gasteiger partial charge in [0.05, 0.1) is 0 Å². The van der Waals surface area contributed by atoms with E-state index in [0.717, 1.165) is 10.8 Å². The lowest BCUT2D eigenvalue weighted by Gasteiger charge is -1.98. The molecule has 0 heterocycles. The van der Waals surface area contributed by atoms with Crippen molar-refractivity contribution in [3.63, 3.8) is 0 Å². The van der Waals surface area contributed by atoms with E-state index in [1.807, 2.05) is 18.2 Å². The van der Waals surface area contributed by atoms with Crippen molar-refractivity contribution in [3.8, 4) is 5.75 Å². The highest BCUT2D eigenvalue weighted by atomic mass is 35.5. The maximum Gasteiger partial charge on any atom is 0.124 e. The minimum absolute atomic E-state index is 0.143. The van der Waals surface area contributed by atoms with Gasteiger partial charge in [0.2, 0.25) is 0 Å². The van der Waals surface area contributed by atoms with Gasteiger partial charge in [0.25, 0.3) is 0 Å². The molecule has 1 radical (unpaired) electrons. The predicted octanol–water partition coefficient (Wildman–Crippen LogP) is 3.00. The van der Waals surface area contributed by atoms with Crippen LogP contribution in [0.5, 0.6) is 5.75 Å². The van der Waals surface area contributed by atoms with Crippen molar-refractivity contribution in [1.29, 1.82) is 0 Å². The van der Waals surface area contributed by atoms with Crippen molar-refractivity contribution in [2.75, 3.05) is 0 Å². The number of rotatable bonds is 0. The first kappa shape index (κ1) is 7.44. The molecule has 0 unspecified atom stereocenters. The van der Waals surface area contributed by atoms with E-state index in [0.29, 0.717) is 5.02 Å². The molecule has 0 aliphatic carbocycles. The Bertz CT molecular complexity index is 423. The zero-order valence-corrected chi connectivity index (χ0v) is 6.97. The Hall–Kier alpha value is -1.21. The second-order valence-electron chi connectivity index (χ2n) is 2.54. The number of aromatic hydroxyl groups is 1. The van der Waals surface area contributed by atoms with E-state index in [9.17, 15) is 0 Å². The van der Waals surface area contributed by atoms with Crippen molar-refractivity contribution < 1.29 is 5.11 Å². The fourth-order valence-electron chi connectivity index (χ4n) is 1.16. The highest BCUT2D eigenvalue weighted by molar-refractivity contribution is 6.35. The molecule has 0 aliphatic heterocycles. The number of phenols is 1. The second kappa shape index (κ2) is 2.68. The quantitative estimate of drug-likeness (QED) is 0.656. The summed E-state index contributed by atoms with van der Waals surface area (Å²) in [7, 11) is 0. The van der Waals surface area contributed by atoms with Gasteiger partial charge in [0.15, 0.2) is 0 Å². The largest absolute Gasteiger partial charge is 0.507 e. The fourth-order valence-corrected chi connectivity index (χ4v) is 1.39. The molecule has 2 aromatic carbocycles. The van der Waals surface area contributed by atoms with Crippen molar-refractivity contribution >= 4 is 22.4 Å². The molecular formula is C10H6ClO. The van der Waals surface area contributed by atoms with Crippen LogP contribution in [0.2, 0.25) is 5.02 Å². The van der Waals surface area contributed by atoms with Gasteiger partial charge in [-0.1, -0.05) is 23.7 Å². The number of hydrogen-bond donors (Lipinski definition) is 1. The van der Waals surface area contributed by atoms with Crippen molar-refractivity contribution in [3.05, 3.63) is 41.4 Å². The van der Waals surface area contributed by atoms with Crippen LogP contribution in [0.1, 0.15) is 0 Å². The number of halogens is 1. The van der Waals surface area contributed by atoms with Crippen LogP contribution >= 0.6 is 11.6 Å². The molecule has 0 saturated carbocycles. The molecule has 0 bridgehead atoms. The SMILES string of the molecule is Oc1[c]c2cccc(Cl)c2cc1. The van der Waals surface area contributed by atoms with Crippen LogP contribution in [-0.4, -0.2) is 5.11 Å². The zero-order chi connectivity index (χ0) is 8.55. The standard InChI is InChI=1S/C10H6ClO/c11-10-3-1-2-7-6-8(12)4-5-9(7)10/h1-5,12H. The molecule has 0 spiro atoms. The summed E-state index contributed by atoms with van der Waals surface area (Å²) in [5.41, 5.74) is 0. The predicted molar refractivity (Wildman–Crippen MR) is 49.5 cm³/mol. The molecule has 2 heteroatoms. The van der Waals surface area contributed by atoms with Gasteiger partial charge in [-0.2, -0.15) is 0 Å². The summed E-state index contributed by atoms with van der Waals surface area (Å²) in [5.74, 6) is 0.143. The molecule has 1 nitrogen and oxygen atoms in total. The normalized spacial score (nSPS) is 10.4.